The van der Waals surface area contributed by atoms with Gasteiger partial charge in [-0.25, -0.2) is 4.98 Å². The molecule has 0 radical (unpaired) electrons. The van der Waals surface area contributed by atoms with Crippen LogP contribution in [0.4, 0.5) is 5.13 Å². The Labute approximate surface area is 164 Å². The molecule has 2 fully saturated rings. The first-order valence-electron chi connectivity index (χ1n) is 9.51. The summed E-state index contributed by atoms with van der Waals surface area (Å²) < 4.78 is 4.39. The largest absolute Gasteiger partial charge is 0.344 e. The van der Waals surface area contributed by atoms with Crippen molar-refractivity contribution in [2.75, 3.05) is 37.7 Å². The number of rotatable bonds is 5. The lowest BCUT2D eigenvalue weighted by molar-refractivity contribution is -0.174. The molecule has 2 aromatic rings. The summed E-state index contributed by atoms with van der Waals surface area (Å²) in [5.74, 6) is 1.15. The second-order valence-electron chi connectivity index (χ2n) is 7.77. The molecule has 0 aromatic carbocycles. The van der Waals surface area contributed by atoms with Gasteiger partial charge < -0.3 is 9.80 Å². The number of hydrogen-bond donors (Lipinski definition) is 0. The average molecular weight is 387 g/mol. The van der Waals surface area contributed by atoms with E-state index < -0.39 is 0 Å². The molecule has 7 nitrogen and oxygen atoms in total. The molecule has 2 aliphatic rings. The minimum Gasteiger partial charge on any atom is -0.344 e. The second-order valence-corrected chi connectivity index (χ2v) is 8.50. The molecule has 8 heteroatoms. The number of amides is 1. The quantitative estimate of drug-likeness (QED) is 0.734. The maximum atomic E-state index is 12.7. The number of piperazine rings is 1. The van der Waals surface area contributed by atoms with Gasteiger partial charge in [0.25, 0.3) is 0 Å². The van der Waals surface area contributed by atoms with Crippen molar-refractivity contribution in [3.05, 3.63) is 35.9 Å². The van der Waals surface area contributed by atoms with Crippen LogP contribution in [0.15, 0.2) is 24.5 Å². The highest BCUT2D eigenvalue weighted by Gasteiger charge is 2.54. The van der Waals surface area contributed by atoms with Crippen LogP contribution in [-0.2, 0) is 11.2 Å². The second kappa shape index (κ2) is 7.16. The van der Waals surface area contributed by atoms with Crippen LogP contribution in [0, 0.1) is 5.41 Å². The number of carbonyl (C=O) groups is 1. The number of likely N-dealkylation sites (tertiary alicyclic amines) is 1. The van der Waals surface area contributed by atoms with Gasteiger partial charge in [-0.2, -0.15) is 4.37 Å². The predicted molar refractivity (Wildman–Crippen MR) is 106 cm³/mol. The first kappa shape index (κ1) is 18.3. The maximum Gasteiger partial charge on any atom is 0.232 e. The van der Waals surface area contributed by atoms with E-state index in [1.54, 1.807) is 12.4 Å². The van der Waals surface area contributed by atoms with Crippen LogP contribution in [0.2, 0.25) is 0 Å². The zero-order valence-electron chi connectivity index (χ0n) is 16.1. The number of aryl methyl sites for hydroxylation is 1. The zero-order valence-corrected chi connectivity index (χ0v) is 16.9. The van der Waals surface area contributed by atoms with Crippen molar-refractivity contribution in [3.63, 3.8) is 0 Å². The van der Waals surface area contributed by atoms with Crippen molar-refractivity contribution in [1.29, 1.82) is 0 Å². The summed E-state index contributed by atoms with van der Waals surface area (Å²) in [6.07, 6.45) is 4.48. The fraction of sp³-hybridized carbons (Fsp3) is 0.579. The molecule has 1 unspecified atom stereocenters. The molecule has 1 amide bonds. The van der Waals surface area contributed by atoms with E-state index in [1.807, 2.05) is 30.9 Å². The van der Waals surface area contributed by atoms with Crippen molar-refractivity contribution >= 4 is 22.6 Å². The number of aromatic nitrogens is 3. The fourth-order valence-electron chi connectivity index (χ4n) is 4.03. The molecule has 2 aliphatic heterocycles. The summed E-state index contributed by atoms with van der Waals surface area (Å²) in [7, 11) is 0. The Kier molecular flexibility index (Phi) is 4.86. The summed E-state index contributed by atoms with van der Waals surface area (Å²) in [6, 6.07) is 4.15. The first-order chi connectivity index (χ1) is 13.0. The number of pyridine rings is 1. The van der Waals surface area contributed by atoms with E-state index in [-0.39, 0.29) is 17.4 Å². The van der Waals surface area contributed by atoms with Crippen LogP contribution >= 0.6 is 11.5 Å². The van der Waals surface area contributed by atoms with Gasteiger partial charge in [0.1, 0.15) is 5.82 Å². The van der Waals surface area contributed by atoms with Crippen molar-refractivity contribution < 1.29 is 4.79 Å². The Balaban J connectivity index is 1.39. The molecule has 4 rings (SSSR count). The van der Waals surface area contributed by atoms with E-state index in [2.05, 4.69) is 31.1 Å². The topological polar surface area (TPSA) is 65.5 Å². The monoisotopic (exact) mass is 386 g/mol. The molecule has 0 saturated carbocycles. The standard InChI is InChI=1S/C19H26N6OS/c1-4-15-21-18(27-22-15)24-11-9-23(10-12-24)13-25-16(19(2,3)17(25)26)14-5-7-20-8-6-14/h5-8,16H,4,9-13H2,1-3H3. The van der Waals surface area contributed by atoms with Crippen LogP contribution in [0.25, 0.3) is 0 Å². The van der Waals surface area contributed by atoms with Crippen LogP contribution in [0.1, 0.15) is 38.2 Å². The van der Waals surface area contributed by atoms with Gasteiger partial charge in [-0.1, -0.05) is 6.92 Å². The van der Waals surface area contributed by atoms with Gasteiger partial charge in [-0.3, -0.25) is 14.7 Å². The highest BCUT2D eigenvalue weighted by atomic mass is 32.1. The molecule has 1 atom stereocenters. The molecule has 4 heterocycles. The fourth-order valence-corrected chi connectivity index (χ4v) is 4.83. The third-order valence-corrected chi connectivity index (χ3v) is 6.41. The lowest BCUT2D eigenvalue weighted by Crippen LogP contribution is -2.64. The lowest BCUT2D eigenvalue weighted by Gasteiger charge is -2.55. The van der Waals surface area contributed by atoms with E-state index >= 15 is 0 Å². The number of carbonyl (C=O) groups excluding carboxylic acids is 1. The Morgan fingerprint density at radius 3 is 2.52 bits per heavy atom. The predicted octanol–water partition coefficient (Wildman–Crippen LogP) is 2.18. The number of anilines is 1. The Morgan fingerprint density at radius 2 is 1.89 bits per heavy atom. The Bertz CT molecular complexity index is 800. The van der Waals surface area contributed by atoms with Crippen LogP contribution in [0.5, 0.6) is 0 Å². The minimum absolute atomic E-state index is 0.112. The van der Waals surface area contributed by atoms with Gasteiger partial charge in [0.15, 0.2) is 0 Å². The Morgan fingerprint density at radius 1 is 1.19 bits per heavy atom. The first-order valence-corrected chi connectivity index (χ1v) is 10.3. The van der Waals surface area contributed by atoms with Gasteiger partial charge in [0, 0.05) is 56.5 Å². The summed E-state index contributed by atoms with van der Waals surface area (Å²) in [5.41, 5.74) is 0.806. The maximum absolute atomic E-state index is 12.7. The van der Waals surface area contributed by atoms with Gasteiger partial charge in [0.05, 0.1) is 18.1 Å². The molecule has 0 aliphatic carbocycles. The van der Waals surface area contributed by atoms with Gasteiger partial charge in [0.2, 0.25) is 11.0 Å². The third kappa shape index (κ3) is 3.32. The summed E-state index contributed by atoms with van der Waals surface area (Å²) in [4.78, 5) is 28.1. The minimum atomic E-state index is -0.355. The highest BCUT2D eigenvalue weighted by molar-refractivity contribution is 7.09. The molecule has 27 heavy (non-hydrogen) atoms. The molecule has 144 valence electrons. The number of β-lactam (4-membered cyclic amide) rings is 1. The van der Waals surface area contributed by atoms with Gasteiger partial charge >= 0.3 is 0 Å². The van der Waals surface area contributed by atoms with Gasteiger partial charge in [-0.15, -0.1) is 0 Å². The van der Waals surface area contributed by atoms with E-state index in [9.17, 15) is 4.79 Å². The van der Waals surface area contributed by atoms with Crippen LogP contribution < -0.4 is 4.90 Å². The average Bonchev–Trinajstić information content (AvgIpc) is 3.17. The summed E-state index contributed by atoms with van der Waals surface area (Å²) in [5, 5.41) is 1.02. The third-order valence-electron chi connectivity index (χ3n) is 5.60. The SMILES string of the molecule is CCc1nsc(N2CCN(CN3C(=O)C(C)(C)C3c3ccncc3)CC2)n1. The molecule has 2 saturated heterocycles. The Hall–Kier alpha value is -2.06. The summed E-state index contributed by atoms with van der Waals surface area (Å²) >= 11 is 1.49. The van der Waals surface area contributed by atoms with E-state index in [0.29, 0.717) is 6.67 Å². The summed E-state index contributed by atoms with van der Waals surface area (Å²) in [6.45, 7) is 10.5. The van der Waals surface area contributed by atoms with Crippen molar-refractivity contribution in [2.45, 2.75) is 33.2 Å². The molecule has 2 aromatic heterocycles. The molecule has 0 spiro atoms. The van der Waals surface area contributed by atoms with Crippen LogP contribution in [0.3, 0.4) is 0 Å². The zero-order chi connectivity index (χ0) is 19.0. The van der Waals surface area contributed by atoms with E-state index in [0.717, 1.165) is 49.1 Å². The number of hydrogen-bond acceptors (Lipinski definition) is 7. The van der Waals surface area contributed by atoms with Crippen LogP contribution in [-0.4, -0.2) is 62.9 Å². The van der Waals surface area contributed by atoms with Crippen molar-refractivity contribution in [3.8, 4) is 0 Å². The molecular weight excluding hydrogens is 360 g/mol. The van der Waals surface area contributed by atoms with Crippen molar-refractivity contribution in [2.24, 2.45) is 5.41 Å². The van der Waals surface area contributed by atoms with E-state index in [1.165, 1.54) is 11.5 Å². The van der Waals surface area contributed by atoms with E-state index in [4.69, 9.17) is 0 Å². The highest BCUT2D eigenvalue weighted by Crippen LogP contribution is 2.49. The van der Waals surface area contributed by atoms with Gasteiger partial charge in [-0.05, 0) is 31.5 Å². The number of nitrogens with zero attached hydrogens (tertiary/aromatic N) is 6. The lowest BCUT2D eigenvalue weighted by atomic mass is 9.71. The molecule has 0 N–H and O–H groups in total. The normalized spacial score (nSPS) is 22.8. The van der Waals surface area contributed by atoms with Crippen molar-refractivity contribution in [1.82, 2.24) is 24.1 Å². The molecular formula is C19H26N6OS. The molecule has 0 bridgehead atoms. The smallest absolute Gasteiger partial charge is 0.232 e.